The predicted molar refractivity (Wildman–Crippen MR) is 149 cm³/mol. The van der Waals surface area contributed by atoms with Crippen molar-refractivity contribution in [1.29, 1.82) is 0 Å². The Kier molecular flexibility index (Phi) is 9.47. The zero-order valence-corrected chi connectivity index (χ0v) is 25.8. The first-order chi connectivity index (χ1) is 21.6. The van der Waals surface area contributed by atoms with Gasteiger partial charge in [0, 0.05) is 24.2 Å². The lowest BCUT2D eigenvalue weighted by atomic mass is 9.88. The molecular formula is C31H28F9NO5S. The van der Waals surface area contributed by atoms with E-state index in [1.807, 2.05) is 0 Å². The highest BCUT2D eigenvalue weighted by Crippen LogP contribution is 2.54. The highest BCUT2D eigenvalue weighted by Gasteiger charge is 2.73. The van der Waals surface area contributed by atoms with Gasteiger partial charge in [-0.3, -0.25) is 0 Å². The topological polar surface area (TPSA) is 72.9 Å². The molecule has 1 unspecified atom stereocenters. The third-order valence-corrected chi connectivity index (χ3v) is 10.1. The molecule has 1 fully saturated rings. The molecule has 0 aliphatic carbocycles. The van der Waals surface area contributed by atoms with Crippen LogP contribution < -0.4 is 0 Å². The molecule has 1 aliphatic rings. The maximum atomic E-state index is 14.4. The maximum Gasteiger partial charge on any atom is 0.430 e. The van der Waals surface area contributed by atoms with Gasteiger partial charge in [0.25, 0.3) is 5.60 Å². The Hall–Kier alpha value is -3.79. The van der Waals surface area contributed by atoms with Crippen LogP contribution in [0.15, 0.2) is 71.6 Å². The van der Waals surface area contributed by atoms with Gasteiger partial charge in [-0.25, -0.2) is 26.4 Å². The minimum absolute atomic E-state index is 0.233. The van der Waals surface area contributed by atoms with Crippen LogP contribution in [0.25, 0.3) is 0 Å². The van der Waals surface area contributed by atoms with Crippen LogP contribution in [0.4, 0.5) is 44.3 Å². The molecule has 4 rings (SSSR count). The number of hydrogen-bond donors (Lipinski definition) is 0. The fourth-order valence-electron chi connectivity index (χ4n) is 5.31. The van der Waals surface area contributed by atoms with Gasteiger partial charge in [0.05, 0.1) is 11.5 Å². The van der Waals surface area contributed by atoms with Crippen LogP contribution in [0.3, 0.4) is 0 Å². The van der Waals surface area contributed by atoms with Gasteiger partial charge in [0.15, 0.2) is 9.84 Å². The molecular weight excluding hydrogens is 669 g/mol. The second-order valence-corrected chi connectivity index (χ2v) is 14.1. The number of amides is 1. The first-order valence-corrected chi connectivity index (χ1v) is 15.3. The summed E-state index contributed by atoms with van der Waals surface area (Å²) in [5.74, 6) is -3.67. The summed E-state index contributed by atoms with van der Waals surface area (Å²) in [5.41, 5.74) is -9.14. The first-order valence-electron chi connectivity index (χ1n) is 13.9. The Labute approximate surface area is 264 Å². The molecule has 1 atom stereocenters. The van der Waals surface area contributed by atoms with Crippen molar-refractivity contribution in [2.75, 3.05) is 13.1 Å². The Morgan fingerprint density at radius 3 is 1.85 bits per heavy atom. The SMILES string of the molecule is CC(C)(C)OC(=O)N1CCC(c2ccc(C(OCc3c(F)cccc3F)(C(F)(F)F)C(F)(F)F)cc2)(S(=O)(=O)c2ccc(F)cc2)C1. The lowest BCUT2D eigenvalue weighted by Crippen LogP contribution is -2.56. The molecule has 0 bridgehead atoms. The number of carbonyl (C=O) groups is 1. The second-order valence-electron chi connectivity index (χ2n) is 11.8. The van der Waals surface area contributed by atoms with Crippen molar-refractivity contribution >= 4 is 15.9 Å². The van der Waals surface area contributed by atoms with Crippen LogP contribution in [-0.2, 0) is 36.3 Å². The molecule has 256 valence electrons. The largest absolute Gasteiger partial charge is 0.444 e. The zero-order valence-electron chi connectivity index (χ0n) is 25.0. The number of ether oxygens (including phenoxy) is 2. The van der Waals surface area contributed by atoms with Gasteiger partial charge in [0.1, 0.15) is 27.8 Å². The summed E-state index contributed by atoms with van der Waals surface area (Å²) in [6, 6.07) is 7.82. The molecule has 0 spiro atoms. The number of halogens is 9. The van der Waals surface area contributed by atoms with E-state index in [2.05, 4.69) is 4.74 Å². The van der Waals surface area contributed by atoms with Crippen LogP contribution in [0.5, 0.6) is 0 Å². The van der Waals surface area contributed by atoms with Crippen molar-refractivity contribution in [1.82, 2.24) is 4.90 Å². The normalized spacial score (nSPS) is 18.0. The molecule has 0 aromatic heterocycles. The van der Waals surface area contributed by atoms with Gasteiger partial charge in [-0.2, -0.15) is 26.3 Å². The monoisotopic (exact) mass is 697 g/mol. The van der Waals surface area contributed by atoms with Gasteiger partial charge >= 0.3 is 18.4 Å². The summed E-state index contributed by atoms with van der Waals surface area (Å²) in [6.07, 6.45) is -13.7. The fourth-order valence-corrected chi connectivity index (χ4v) is 7.39. The summed E-state index contributed by atoms with van der Waals surface area (Å²) in [5, 5.41) is 0. The predicted octanol–water partition coefficient (Wildman–Crippen LogP) is 7.95. The molecule has 0 radical (unpaired) electrons. The van der Waals surface area contributed by atoms with Gasteiger partial charge in [0.2, 0.25) is 0 Å². The number of sulfone groups is 1. The van der Waals surface area contributed by atoms with E-state index in [1.165, 1.54) is 0 Å². The smallest absolute Gasteiger partial charge is 0.430 e. The number of alkyl halides is 6. The van der Waals surface area contributed by atoms with Gasteiger partial charge in [-0.05, 0) is 69.2 Å². The molecule has 1 heterocycles. The molecule has 3 aromatic carbocycles. The molecule has 1 saturated heterocycles. The Morgan fingerprint density at radius 2 is 1.36 bits per heavy atom. The van der Waals surface area contributed by atoms with Crippen LogP contribution in [-0.4, -0.2) is 50.5 Å². The number of carbonyl (C=O) groups excluding carboxylic acids is 1. The Morgan fingerprint density at radius 1 is 0.830 bits per heavy atom. The number of hydrogen-bond acceptors (Lipinski definition) is 5. The third-order valence-electron chi connectivity index (χ3n) is 7.63. The van der Waals surface area contributed by atoms with Crippen LogP contribution >= 0.6 is 0 Å². The average Bonchev–Trinajstić information content (AvgIpc) is 3.41. The zero-order chi connectivity index (χ0) is 35.2. The second kappa shape index (κ2) is 12.3. The standard InChI is InChI=1S/C31H28F9NO5S/c1-27(2,3)46-26(42)41-16-15-28(18-41,47(43,44)22-13-11-21(32)12-14-22)19-7-9-20(10-8-19)29(30(35,36)37,31(38,39)40)45-17-23-24(33)5-4-6-25(23)34/h4-14H,15-18H2,1-3H3. The van der Waals surface area contributed by atoms with Crippen molar-refractivity contribution in [2.24, 2.45) is 0 Å². The molecule has 0 N–H and O–H groups in total. The summed E-state index contributed by atoms with van der Waals surface area (Å²) < 4.78 is 164. The summed E-state index contributed by atoms with van der Waals surface area (Å²) in [4.78, 5) is 13.5. The van der Waals surface area contributed by atoms with Gasteiger partial charge in [-0.15, -0.1) is 0 Å². The number of likely N-dealkylation sites (tertiary alicyclic amines) is 1. The summed E-state index contributed by atoms with van der Waals surface area (Å²) in [7, 11) is -4.62. The quantitative estimate of drug-likeness (QED) is 0.185. The molecule has 47 heavy (non-hydrogen) atoms. The summed E-state index contributed by atoms with van der Waals surface area (Å²) in [6.45, 7) is 2.04. The van der Waals surface area contributed by atoms with E-state index in [1.54, 1.807) is 20.8 Å². The lowest BCUT2D eigenvalue weighted by molar-refractivity contribution is -0.392. The molecule has 1 aliphatic heterocycles. The molecule has 1 amide bonds. The molecule has 0 saturated carbocycles. The average molecular weight is 698 g/mol. The molecule has 3 aromatic rings. The molecule has 6 nitrogen and oxygen atoms in total. The van der Waals surface area contributed by atoms with Crippen LogP contribution in [0, 0.1) is 17.5 Å². The van der Waals surface area contributed by atoms with Crippen molar-refractivity contribution in [3.8, 4) is 0 Å². The van der Waals surface area contributed by atoms with Crippen molar-refractivity contribution in [3.63, 3.8) is 0 Å². The van der Waals surface area contributed by atoms with Crippen LogP contribution in [0.1, 0.15) is 43.9 Å². The van der Waals surface area contributed by atoms with Crippen molar-refractivity contribution in [3.05, 3.63) is 101 Å². The minimum Gasteiger partial charge on any atom is -0.444 e. The Bertz CT molecular complexity index is 1680. The molecule has 16 heteroatoms. The number of benzene rings is 3. The van der Waals surface area contributed by atoms with E-state index in [0.29, 0.717) is 36.4 Å². The van der Waals surface area contributed by atoms with E-state index in [4.69, 9.17) is 4.74 Å². The highest BCUT2D eigenvalue weighted by atomic mass is 32.2. The van der Waals surface area contributed by atoms with Gasteiger partial charge in [-0.1, -0.05) is 30.3 Å². The lowest BCUT2D eigenvalue weighted by Gasteiger charge is -2.38. The number of nitrogens with zero attached hydrogens (tertiary/aromatic N) is 1. The highest BCUT2D eigenvalue weighted by molar-refractivity contribution is 7.92. The van der Waals surface area contributed by atoms with Gasteiger partial charge < -0.3 is 14.4 Å². The minimum atomic E-state index is -6.23. The van der Waals surface area contributed by atoms with E-state index in [9.17, 15) is 52.7 Å². The van der Waals surface area contributed by atoms with Crippen LogP contribution in [0.2, 0.25) is 0 Å². The Balaban J connectivity index is 1.85. The van der Waals surface area contributed by atoms with E-state index >= 15 is 0 Å². The third kappa shape index (κ3) is 6.66. The summed E-state index contributed by atoms with van der Waals surface area (Å²) >= 11 is 0. The van der Waals surface area contributed by atoms with Crippen molar-refractivity contribution in [2.45, 2.75) is 67.0 Å². The van der Waals surface area contributed by atoms with Crippen molar-refractivity contribution < 1.29 is 62.2 Å². The number of rotatable bonds is 7. The van der Waals surface area contributed by atoms with E-state index in [-0.39, 0.29) is 18.5 Å². The van der Waals surface area contributed by atoms with E-state index in [0.717, 1.165) is 35.2 Å². The van der Waals surface area contributed by atoms with E-state index < -0.39 is 90.9 Å². The first kappa shape index (κ1) is 36.1. The fraction of sp³-hybridized carbons (Fsp3) is 0.387. The maximum absolute atomic E-state index is 14.4.